The zero-order valence-corrected chi connectivity index (χ0v) is 13.0. The molecule has 0 spiro atoms. The van der Waals surface area contributed by atoms with Crippen molar-refractivity contribution >= 4 is 11.8 Å². The molecule has 0 heterocycles. The van der Waals surface area contributed by atoms with Crippen molar-refractivity contribution < 1.29 is 0 Å². The Morgan fingerprint density at radius 2 is 1.88 bits per heavy atom. The molecule has 0 aromatic carbocycles. The fraction of sp³-hybridized carbons (Fsp3) is 1.00. The lowest BCUT2D eigenvalue weighted by atomic mass is 9.93. The van der Waals surface area contributed by atoms with Crippen molar-refractivity contribution in [3.8, 4) is 0 Å². The van der Waals surface area contributed by atoms with Gasteiger partial charge in [0.1, 0.15) is 0 Å². The van der Waals surface area contributed by atoms with E-state index in [9.17, 15) is 0 Å². The van der Waals surface area contributed by atoms with Gasteiger partial charge in [-0.25, -0.2) is 0 Å². The average Bonchev–Trinajstić information content (AvgIpc) is 2.31. The lowest BCUT2D eigenvalue weighted by Crippen LogP contribution is -2.38. The third-order valence-corrected chi connectivity index (χ3v) is 4.71. The molecule has 0 aliphatic carbocycles. The third-order valence-electron chi connectivity index (χ3n) is 3.17. The SMILES string of the molecule is CCCCC(CC)CC(CSCC(C)C)NN. The Hall–Kier alpha value is 0.270. The van der Waals surface area contributed by atoms with Gasteiger partial charge in [0.05, 0.1) is 0 Å². The Labute approximate surface area is 112 Å². The molecular weight excluding hydrogens is 228 g/mol. The van der Waals surface area contributed by atoms with Gasteiger partial charge in [-0.3, -0.25) is 11.3 Å². The van der Waals surface area contributed by atoms with Crippen LogP contribution in [-0.2, 0) is 0 Å². The second kappa shape index (κ2) is 11.4. The summed E-state index contributed by atoms with van der Waals surface area (Å²) in [5.74, 6) is 9.67. The van der Waals surface area contributed by atoms with Gasteiger partial charge in [-0.1, -0.05) is 53.4 Å². The van der Waals surface area contributed by atoms with Gasteiger partial charge in [0.25, 0.3) is 0 Å². The molecule has 0 aromatic rings. The quantitative estimate of drug-likeness (QED) is 0.438. The highest BCUT2D eigenvalue weighted by molar-refractivity contribution is 7.99. The summed E-state index contributed by atoms with van der Waals surface area (Å²) in [5.41, 5.74) is 3.00. The summed E-state index contributed by atoms with van der Waals surface area (Å²) in [5, 5.41) is 0. The van der Waals surface area contributed by atoms with Gasteiger partial charge in [0.15, 0.2) is 0 Å². The molecule has 0 amide bonds. The highest BCUT2D eigenvalue weighted by Gasteiger charge is 2.14. The first-order chi connectivity index (χ1) is 8.13. The molecule has 104 valence electrons. The molecule has 0 fully saturated rings. The van der Waals surface area contributed by atoms with Crippen molar-refractivity contribution in [1.29, 1.82) is 0 Å². The van der Waals surface area contributed by atoms with Crippen molar-refractivity contribution in [3.63, 3.8) is 0 Å². The Balaban J connectivity index is 3.82. The van der Waals surface area contributed by atoms with Crippen LogP contribution in [0.3, 0.4) is 0 Å². The lowest BCUT2D eigenvalue weighted by molar-refractivity contribution is 0.367. The van der Waals surface area contributed by atoms with Gasteiger partial charge >= 0.3 is 0 Å². The number of thioether (sulfide) groups is 1. The number of nitrogens with two attached hydrogens (primary N) is 1. The second-order valence-corrected chi connectivity index (χ2v) is 6.52. The monoisotopic (exact) mass is 260 g/mol. The molecule has 0 saturated carbocycles. The first-order valence-corrected chi connectivity index (χ1v) is 8.33. The maximum Gasteiger partial charge on any atom is 0.0303 e. The number of nitrogens with one attached hydrogen (secondary N) is 1. The second-order valence-electron chi connectivity index (χ2n) is 5.45. The van der Waals surface area contributed by atoms with Crippen molar-refractivity contribution in [3.05, 3.63) is 0 Å². The van der Waals surface area contributed by atoms with E-state index in [0.717, 1.165) is 17.6 Å². The van der Waals surface area contributed by atoms with E-state index in [1.165, 1.54) is 37.9 Å². The molecule has 0 bridgehead atoms. The van der Waals surface area contributed by atoms with E-state index < -0.39 is 0 Å². The minimum Gasteiger partial charge on any atom is -0.271 e. The molecule has 0 aromatic heterocycles. The van der Waals surface area contributed by atoms with E-state index in [1.807, 2.05) is 11.8 Å². The normalized spacial score (nSPS) is 15.2. The molecular formula is C14H32N2S. The summed E-state index contributed by atoms with van der Waals surface area (Å²) in [7, 11) is 0. The molecule has 0 aliphatic rings. The summed E-state index contributed by atoms with van der Waals surface area (Å²) < 4.78 is 0. The van der Waals surface area contributed by atoms with E-state index in [0.29, 0.717) is 6.04 Å². The molecule has 0 aliphatic heterocycles. The summed E-state index contributed by atoms with van der Waals surface area (Å²) in [6, 6.07) is 0.487. The molecule has 2 unspecified atom stereocenters. The Morgan fingerprint density at radius 1 is 1.18 bits per heavy atom. The van der Waals surface area contributed by atoms with Crippen molar-refractivity contribution in [1.82, 2.24) is 5.43 Å². The number of hydrogen-bond donors (Lipinski definition) is 2. The van der Waals surface area contributed by atoms with Crippen LogP contribution in [0, 0.1) is 11.8 Å². The van der Waals surface area contributed by atoms with Crippen molar-refractivity contribution in [2.45, 2.75) is 65.8 Å². The van der Waals surface area contributed by atoms with E-state index in [1.54, 1.807) is 0 Å². The molecule has 0 rings (SSSR count). The summed E-state index contributed by atoms with van der Waals surface area (Å²) in [6.45, 7) is 9.11. The fourth-order valence-electron chi connectivity index (χ4n) is 2.01. The lowest BCUT2D eigenvalue weighted by Gasteiger charge is -2.22. The van der Waals surface area contributed by atoms with Crippen LogP contribution in [-0.4, -0.2) is 17.5 Å². The Morgan fingerprint density at radius 3 is 2.35 bits per heavy atom. The van der Waals surface area contributed by atoms with Crippen LogP contribution in [0.2, 0.25) is 0 Å². The van der Waals surface area contributed by atoms with E-state index in [4.69, 9.17) is 5.84 Å². The van der Waals surface area contributed by atoms with E-state index in [2.05, 4.69) is 33.1 Å². The molecule has 3 heteroatoms. The van der Waals surface area contributed by atoms with Gasteiger partial charge in [0, 0.05) is 11.8 Å². The molecule has 17 heavy (non-hydrogen) atoms. The van der Waals surface area contributed by atoms with Crippen LogP contribution >= 0.6 is 11.8 Å². The predicted octanol–water partition coefficient (Wildman–Crippen LogP) is 3.81. The smallest absolute Gasteiger partial charge is 0.0303 e. The summed E-state index contributed by atoms with van der Waals surface area (Å²) in [6.07, 6.45) is 6.54. The highest BCUT2D eigenvalue weighted by atomic mass is 32.2. The van der Waals surface area contributed by atoms with E-state index >= 15 is 0 Å². The van der Waals surface area contributed by atoms with Crippen LogP contribution < -0.4 is 11.3 Å². The predicted molar refractivity (Wildman–Crippen MR) is 81.2 cm³/mol. The maximum absolute atomic E-state index is 5.66. The van der Waals surface area contributed by atoms with Crippen LogP contribution in [0.1, 0.15) is 59.8 Å². The minimum atomic E-state index is 0.487. The molecule has 0 radical (unpaired) electrons. The highest BCUT2D eigenvalue weighted by Crippen LogP contribution is 2.20. The van der Waals surface area contributed by atoms with Gasteiger partial charge < -0.3 is 0 Å². The van der Waals surface area contributed by atoms with Crippen molar-refractivity contribution in [2.75, 3.05) is 11.5 Å². The van der Waals surface area contributed by atoms with E-state index in [-0.39, 0.29) is 0 Å². The minimum absolute atomic E-state index is 0.487. The average molecular weight is 260 g/mol. The summed E-state index contributed by atoms with van der Waals surface area (Å²) in [4.78, 5) is 0. The molecule has 3 N–H and O–H groups in total. The zero-order valence-electron chi connectivity index (χ0n) is 12.2. The van der Waals surface area contributed by atoms with Crippen LogP contribution in [0.25, 0.3) is 0 Å². The Kier molecular flexibility index (Phi) is 11.5. The number of hydrazine groups is 1. The first kappa shape index (κ1) is 17.3. The molecule has 2 nitrogen and oxygen atoms in total. The van der Waals surface area contributed by atoms with Crippen LogP contribution in [0.4, 0.5) is 0 Å². The molecule has 2 atom stereocenters. The molecule has 0 saturated heterocycles. The standard InChI is InChI=1S/C14H32N2S/c1-5-7-8-13(6-2)9-14(16-15)11-17-10-12(3)4/h12-14,16H,5-11,15H2,1-4H3. The topological polar surface area (TPSA) is 38.0 Å². The fourth-order valence-corrected chi connectivity index (χ4v) is 3.14. The first-order valence-electron chi connectivity index (χ1n) is 7.17. The Bertz CT molecular complexity index is 162. The largest absolute Gasteiger partial charge is 0.271 e. The number of rotatable bonds is 11. The van der Waals surface area contributed by atoms with Gasteiger partial charge in [-0.2, -0.15) is 11.8 Å². The maximum atomic E-state index is 5.66. The zero-order chi connectivity index (χ0) is 13.1. The number of unbranched alkanes of at least 4 members (excludes halogenated alkanes) is 1. The van der Waals surface area contributed by atoms with Crippen LogP contribution in [0.5, 0.6) is 0 Å². The third kappa shape index (κ3) is 9.93. The number of hydrogen-bond acceptors (Lipinski definition) is 3. The van der Waals surface area contributed by atoms with Gasteiger partial charge in [0.2, 0.25) is 0 Å². The van der Waals surface area contributed by atoms with Gasteiger partial charge in [-0.15, -0.1) is 0 Å². The van der Waals surface area contributed by atoms with Crippen molar-refractivity contribution in [2.24, 2.45) is 17.7 Å². The van der Waals surface area contributed by atoms with Gasteiger partial charge in [-0.05, 0) is 24.0 Å². The van der Waals surface area contributed by atoms with Crippen LogP contribution in [0.15, 0.2) is 0 Å². The summed E-state index contributed by atoms with van der Waals surface area (Å²) >= 11 is 2.03.